The predicted octanol–water partition coefficient (Wildman–Crippen LogP) is 4.93. The van der Waals surface area contributed by atoms with Crippen LogP contribution in [-0.4, -0.2) is 60.3 Å². The molecule has 2 atom stereocenters. The maximum absolute atomic E-state index is 14.4. The van der Waals surface area contributed by atoms with E-state index in [-0.39, 0.29) is 24.8 Å². The highest BCUT2D eigenvalue weighted by Crippen LogP contribution is 2.45. The van der Waals surface area contributed by atoms with E-state index in [1.165, 1.54) is 12.1 Å². The smallest absolute Gasteiger partial charge is 0.404 e. The van der Waals surface area contributed by atoms with Crippen molar-refractivity contribution in [2.24, 2.45) is 5.92 Å². The lowest BCUT2D eigenvalue weighted by molar-refractivity contribution is -0.136. The molecule has 9 heteroatoms. The Morgan fingerprint density at radius 2 is 2.00 bits per heavy atom. The lowest BCUT2D eigenvalue weighted by Crippen LogP contribution is -2.48. The highest BCUT2D eigenvalue weighted by molar-refractivity contribution is 6.33. The number of aryl methyl sites for hydroxylation is 1. The SMILES string of the molecule is CNCCCC(=O)N1CCCC([C@@](O)(CCCNC(=O)O)c2cccc(Cl)c2-c2cc(C)cc(F)c2)C1. The van der Waals surface area contributed by atoms with E-state index in [1.807, 2.05) is 18.0 Å². The third-order valence-electron chi connectivity index (χ3n) is 7.09. The fourth-order valence-corrected chi connectivity index (χ4v) is 5.62. The molecule has 4 N–H and O–H groups in total. The zero-order valence-electron chi connectivity index (χ0n) is 21.5. The van der Waals surface area contributed by atoms with Crippen LogP contribution < -0.4 is 10.6 Å². The van der Waals surface area contributed by atoms with Crippen molar-refractivity contribution in [3.8, 4) is 11.1 Å². The molecule has 1 heterocycles. The van der Waals surface area contributed by atoms with E-state index < -0.39 is 17.5 Å². The van der Waals surface area contributed by atoms with Gasteiger partial charge in [-0.1, -0.05) is 29.8 Å². The minimum absolute atomic E-state index is 0.0573. The van der Waals surface area contributed by atoms with Gasteiger partial charge in [0, 0.05) is 42.6 Å². The quantitative estimate of drug-likeness (QED) is 0.307. The molecular weight excluding hydrogens is 497 g/mol. The first kappa shape index (κ1) is 28.9. The Labute approximate surface area is 223 Å². The van der Waals surface area contributed by atoms with E-state index in [2.05, 4.69) is 10.6 Å². The standard InChI is InChI=1S/C28H37ClFN3O4/c1-19-15-20(17-22(30)16-19)26-23(8-3-9-24(26)29)28(37,11-6-13-32-27(35)36)21-7-5-14-33(18-21)25(34)10-4-12-31-2/h3,8-9,15-17,21,31-32,37H,4-7,10-14,18H2,1-2H3,(H,35,36)/t21?,28-/m0/s1. The van der Waals surface area contributed by atoms with E-state index in [1.54, 1.807) is 25.1 Å². The first-order valence-corrected chi connectivity index (χ1v) is 13.2. The van der Waals surface area contributed by atoms with Gasteiger partial charge in [0.15, 0.2) is 0 Å². The molecule has 1 aliphatic rings. The lowest BCUT2D eigenvalue weighted by atomic mass is 9.72. The second-order valence-electron chi connectivity index (χ2n) is 9.83. The van der Waals surface area contributed by atoms with Crippen molar-refractivity contribution < 1.29 is 24.2 Å². The summed E-state index contributed by atoms with van der Waals surface area (Å²) < 4.78 is 14.4. The highest BCUT2D eigenvalue weighted by atomic mass is 35.5. The third-order valence-corrected chi connectivity index (χ3v) is 7.40. The number of likely N-dealkylation sites (tertiary alicyclic amines) is 1. The van der Waals surface area contributed by atoms with Crippen molar-refractivity contribution in [2.45, 2.75) is 51.0 Å². The molecule has 0 radical (unpaired) electrons. The van der Waals surface area contributed by atoms with Gasteiger partial charge in [-0.05, 0) is 87.5 Å². The third kappa shape index (κ3) is 7.43. The molecule has 0 saturated carbocycles. The molecule has 1 saturated heterocycles. The molecule has 0 aliphatic carbocycles. The number of carbonyl (C=O) groups is 2. The molecule has 37 heavy (non-hydrogen) atoms. The molecule has 0 bridgehead atoms. The van der Waals surface area contributed by atoms with Gasteiger partial charge >= 0.3 is 6.09 Å². The minimum Gasteiger partial charge on any atom is -0.465 e. The summed E-state index contributed by atoms with van der Waals surface area (Å²) in [5.74, 6) is -0.640. The molecule has 7 nitrogen and oxygen atoms in total. The maximum Gasteiger partial charge on any atom is 0.404 e. The summed E-state index contributed by atoms with van der Waals surface area (Å²) >= 11 is 6.67. The first-order valence-electron chi connectivity index (χ1n) is 12.8. The van der Waals surface area contributed by atoms with Gasteiger partial charge in [0.2, 0.25) is 5.91 Å². The largest absolute Gasteiger partial charge is 0.465 e. The van der Waals surface area contributed by atoms with Gasteiger partial charge in [-0.25, -0.2) is 9.18 Å². The topological polar surface area (TPSA) is 102 Å². The van der Waals surface area contributed by atoms with Crippen LogP contribution in [0.5, 0.6) is 0 Å². The summed E-state index contributed by atoms with van der Waals surface area (Å²) in [6.45, 7) is 3.74. The van der Waals surface area contributed by atoms with Gasteiger partial charge < -0.3 is 25.7 Å². The van der Waals surface area contributed by atoms with Crippen molar-refractivity contribution in [2.75, 3.05) is 33.2 Å². The molecule has 0 aromatic heterocycles. The van der Waals surface area contributed by atoms with Gasteiger partial charge in [0.1, 0.15) is 5.82 Å². The molecule has 3 rings (SSSR count). The van der Waals surface area contributed by atoms with E-state index in [9.17, 15) is 19.1 Å². The van der Waals surface area contributed by atoms with Crippen LogP contribution in [0.1, 0.15) is 49.7 Å². The molecule has 1 unspecified atom stereocenters. The second-order valence-corrected chi connectivity index (χ2v) is 10.2. The number of nitrogens with zero attached hydrogens (tertiary/aromatic N) is 1. The van der Waals surface area contributed by atoms with Crippen molar-refractivity contribution in [3.63, 3.8) is 0 Å². The van der Waals surface area contributed by atoms with Crippen LogP contribution >= 0.6 is 11.6 Å². The average molecular weight is 534 g/mol. The number of rotatable bonds is 11. The zero-order chi connectivity index (χ0) is 27.0. The van der Waals surface area contributed by atoms with Crippen LogP contribution in [0.15, 0.2) is 36.4 Å². The van der Waals surface area contributed by atoms with Crippen LogP contribution in [0.3, 0.4) is 0 Å². The van der Waals surface area contributed by atoms with Crippen LogP contribution in [-0.2, 0) is 10.4 Å². The van der Waals surface area contributed by atoms with Crippen LogP contribution in [0, 0.1) is 18.7 Å². The van der Waals surface area contributed by atoms with Crippen molar-refractivity contribution in [1.29, 1.82) is 0 Å². The first-order chi connectivity index (χ1) is 17.7. The van der Waals surface area contributed by atoms with Gasteiger partial charge in [-0.15, -0.1) is 0 Å². The molecule has 2 amide bonds. The molecule has 2 aromatic rings. The van der Waals surface area contributed by atoms with Gasteiger partial charge in [-0.2, -0.15) is 0 Å². The Kier molecular flexibility index (Phi) is 10.3. The van der Waals surface area contributed by atoms with Crippen molar-refractivity contribution in [3.05, 3.63) is 58.4 Å². The number of carbonyl (C=O) groups excluding carboxylic acids is 1. The summed E-state index contributed by atoms with van der Waals surface area (Å²) in [5.41, 5.74) is 1.000. The summed E-state index contributed by atoms with van der Waals surface area (Å²) in [6.07, 6.45) is 2.10. The number of benzene rings is 2. The number of piperidine rings is 1. The van der Waals surface area contributed by atoms with Crippen LogP contribution in [0.2, 0.25) is 5.02 Å². The lowest BCUT2D eigenvalue weighted by Gasteiger charge is -2.44. The van der Waals surface area contributed by atoms with Gasteiger partial charge in [0.05, 0.1) is 5.60 Å². The summed E-state index contributed by atoms with van der Waals surface area (Å²) in [5, 5.41) is 27.2. The highest BCUT2D eigenvalue weighted by Gasteiger charge is 2.42. The van der Waals surface area contributed by atoms with Crippen LogP contribution in [0.25, 0.3) is 11.1 Å². The zero-order valence-corrected chi connectivity index (χ0v) is 22.3. The Bertz CT molecular complexity index is 1080. The van der Waals surface area contributed by atoms with E-state index in [0.29, 0.717) is 54.1 Å². The Morgan fingerprint density at radius 3 is 2.70 bits per heavy atom. The predicted molar refractivity (Wildman–Crippen MR) is 143 cm³/mol. The van der Waals surface area contributed by atoms with E-state index in [0.717, 1.165) is 24.9 Å². The number of halogens is 2. The molecular formula is C28H37ClFN3O4. The molecule has 1 aliphatic heterocycles. The monoisotopic (exact) mass is 533 g/mol. The molecule has 1 fully saturated rings. The molecule has 2 aromatic carbocycles. The number of amides is 2. The van der Waals surface area contributed by atoms with E-state index >= 15 is 0 Å². The number of hydrogen-bond acceptors (Lipinski definition) is 4. The van der Waals surface area contributed by atoms with E-state index in [4.69, 9.17) is 16.7 Å². The Morgan fingerprint density at radius 1 is 1.22 bits per heavy atom. The average Bonchev–Trinajstić information content (AvgIpc) is 2.85. The Balaban J connectivity index is 2.01. The maximum atomic E-state index is 14.4. The summed E-state index contributed by atoms with van der Waals surface area (Å²) in [7, 11) is 1.85. The number of hydrogen-bond donors (Lipinski definition) is 4. The fraction of sp³-hybridized carbons (Fsp3) is 0.500. The normalized spacial score (nSPS) is 17.3. The van der Waals surface area contributed by atoms with Crippen molar-refractivity contribution >= 4 is 23.6 Å². The van der Waals surface area contributed by atoms with Crippen molar-refractivity contribution in [1.82, 2.24) is 15.5 Å². The summed E-state index contributed by atoms with van der Waals surface area (Å²) in [4.78, 5) is 25.7. The second kappa shape index (κ2) is 13.2. The molecule has 0 spiro atoms. The Hall–Kier alpha value is -2.68. The molecule has 202 valence electrons. The number of nitrogens with one attached hydrogen (secondary N) is 2. The van der Waals surface area contributed by atoms with Gasteiger partial charge in [0.25, 0.3) is 0 Å². The fourth-order valence-electron chi connectivity index (χ4n) is 5.34. The summed E-state index contributed by atoms with van der Waals surface area (Å²) in [6, 6.07) is 9.95. The van der Waals surface area contributed by atoms with Crippen LogP contribution in [0.4, 0.5) is 9.18 Å². The van der Waals surface area contributed by atoms with Gasteiger partial charge in [-0.3, -0.25) is 4.79 Å². The minimum atomic E-state index is -1.41. The number of carboxylic acid groups (broad SMARTS) is 1. The number of aliphatic hydroxyl groups is 1.